The van der Waals surface area contributed by atoms with Gasteiger partial charge in [-0.1, -0.05) is 19.1 Å². The van der Waals surface area contributed by atoms with Crippen LogP contribution in [0.2, 0.25) is 0 Å². The maximum atomic E-state index is 9.51. The fourth-order valence-electron chi connectivity index (χ4n) is 2.06. The Kier molecular flexibility index (Phi) is 5.21. The second kappa shape index (κ2) is 7.12. The summed E-state index contributed by atoms with van der Waals surface area (Å²) >= 11 is 0. The Morgan fingerprint density at radius 2 is 1.85 bits per heavy atom. The van der Waals surface area contributed by atoms with E-state index in [-0.39, 0.29) is 12.6 Å². The van der Waals surface area contributed by atoms with E-state index in [1.54, 1.807) is 7.11 Å². The highest BCUT2D eigenvalue weighted by atomic mass is 16.5. The van der Waals surface area contributed by atoms with Crippen molar-refractivity contribution in [3.8, 4) is 5.75 Å². The third kappa shape index (κ3) is 3.62. The molecule has 0 amide bonds. The molecule has 2 rings (SSSR count). The zero-order valence-electron chi connectivity index (χ0n) is 11.9. The van der Waals surface area contributed by atoms with E-state index >= 15 is 0 Å². The molecule has 0 aliphatic heterocycles. The third-order valence-corrected chi connectivity index (χ3v) is 3.29. The molecule has 0 spiro atoms. The van der Waals surface area contributed by atoms with Crippen molar-refractivity contribution in [1.82, 2.24) is 5.32 Å². The molecule has 0 saturated carbocycles. The summed E-state index contributed by atoms with van der Waals surface area (Å²) in [5.74, 6) is 2.67. The lowest BCUT2D eigenvalue weighted by Crippen LogP contribution is -2.23. The average molecular weight is 275 g/mol. The van der Waals surface area contributed by atoms with Gasteiger partial charge in [0.1, 0.15) is 17.3 Å². The van der Waals surface area contributed by atoms with Crippen LogP contribution < -0.4 is 10.1 Å². The number of furan rings is 1. The fourth-order valence-corrected chi connectivity index (χ4v) is 2.06. The van der Waals surface area contributed by atoms with Crippen molar-refractivity contribution in [2.45, 2.75) is 25.9 Å². The highest BCUT2D eigenvalue weighted by Crippen LogP contribution is 2.18. The van der Waals surface area contributed by atoms with Crippen LogP contribution in [-0.4, -0.2) is 18.8 Å². The van der Waals surface area contributed by atoms with Crippen LogP contribution in [0.25, 0.3) is 0 Å². The van der Waals surface area contributed by atoms with Gasteiger partial charge in [-0.3, -0.25) is 0 Å². The molecule has 1 atom stereocenters. The zero-order valence-corrected chi connectivity index (χ0v) is 11.9. The lowest BCUT2D eigenvalue weighted by atomic mass is 10.1. The van der Waals surface area contributed by atoms with Crippen LogP contribution >= 0.6 is 0 Å². The number of methoxy groups -OCH3 is 1. The molecule has 4 nitrogen and oxygen atoms in total. The van der Waals surface area contributed by atoms with Crippen molar-refractivity contribution in [3.05, 3.63) is 53.5 Å². The number of nitrogens with one attached hydrogen (secondary N) is 1. The summed E-state index contributed by atoms with van der Waals surface area (Å²) in [4.78, 5) is 0. The molecule has 0 radical (unpaired) electrons. The fraction of sp³-hybridized carbons (Fsp3) is 0.375. The lowest BCUT2D eigenvalue weighted by Gasteiger charge is -2.16. The molecule has 1 aromatic heterocycles. The van der Waals surface area contributed by atoms with Crippen LogP contribution in [0.5, 0.6) is 5.75 Å². The molecule has 1 heterocycles. The minimum atomic E-state index is -0.115. The second-order valence-corrected chi connectivity index (χ2v) is 4.61. The summed E-state index contributed by atoms with van der Waals surface area (Å²) in [7, 11) is 1.64. The van der Waals surface area contributed by atoms with E-state index < -0.39 is 0 Å². The molecule has 2 aromatic rings. The van der Waals surface area contributed by atoms with E-state index in [9.17, 15) is 5.11 Å². The first-order valence-corrected chi connectivity index (χ1v) is 6.82. The molecular formula is C16H21NO3. The first-order valence-electron chi connectivity index (χ1n) is 6.82. The molecule has 20 heavy (non-hydrogen) atoms. The molecule has 2 N–H and O–H groups in total. The van der Waals surface area contributed by atoms with Crippen molar-refractivity contribution in [1.29, 1.82) is 0 Å². The molecule has 1 aromatic carbocycles. The zero-order chi connectivity index (χ0) is 14.4. The maximum absolute atomic E-state index is 9.51. The summed E-state index contributed by atoms with van der Waals surface area (Å²) in [6.07, 6.45) is 0.891. The van der Waals surface area contributed by atoms with Gasteiger partial charge in [0.15, 0.2) is 0 Å². The first kappa shape index (κ1) is 14.6. The van der Waals surface area contributed by atoms with Crippen molar-refractivity contribution in [3.63, 3.8) is 0 Å². The van der Waals surface area contributed by atoms with Gasteiger partial charge in [0.2, 0.25) is 0 Å². The minimum Gasteiger partial charge on any atom is -0.497 e. The summed E-state index contributed by atoms with van der Waals surface area (Å²) < 4.78 is 10.8. The van der Waals surface area contributed by atoms with Gasteiger partial charge in [-0.05, 0) is 29.8 Å². The van der Waals surface area contributed by atoms with Crippen LogP contribution in [-0.2, 0) is 13.0 Å². The molecule has 4 heteroatoms. The predicted octanol–water partition coefficient (Wildman–Crippen LogP) is 2.67. The molecule has 0 bridgehead atoms. The lowest BCUT2D eigenvalue weighted by molar-refractivity contribution is 0.240. The molecule has 108 valence electrons. The molecule has 0 unspecified atom stereocenters. The Hall–Kier alpha value is -1.78. The summed E-state index contributed by atoms with van der Waals surface area (Å²) in [6, 6.07) is 11.5. The Morgan fingerprint density at radius 1 is 1.15 bits per heavy atom. The predicted molar refractivity (Wildman–Crippen MR) is 77.7 cm³/mol. The summed E-state index contributed by atoms with van der Waals surface area (Å²) in [5.41, 5.74) is 1.02. The quantitative estimate of drug-likeness (QED) is 0.815. The molecule has 0 aliphatic rings. The number of aliphatic hydroxyl groups is 1. The van der Waals surface area contributed by atoms with Gasteiger partial charge < -0.3 is 19.6 Å². The summed E-state index contributed by atoms with van der Waals surface area (Å²) in [6.45, 7) is 2.69. The Balaban J connectivity index is 1.97. The van der Waals surface area contributed by atoms with Gasteiger partial charge >= 0.3 is 0 Å². The van der Waals surface area contributed by atoms with E-state index in [0.717, 1.165) is 29.3 Å². The van der Waals surface area contributed by atoms with E-state index in [4.69, 9.17) is 9.15 Å². The number of rotatable bonds is 7. The number of hydrogen-bond acceptors (Lipinski definition) is 4. The SMILES string of the molecule is CCc1ccc(CN[C@H](CO)c2ccc(OC)cc2)o1. The molecular weight excluding hydrogens is 254 g/mol. The second-order valence-electron chi connectivity index (χ2n) is 4.61. The molecule has 0 fully saturated rings. The van der Waals surface area contributed by atoms with E-state index in [1.807, 2.05) is 36.4 Å². The Morgan fingerprint density at radius 3 is 2.40 bits per heavy atom. The number of hydrogen-bond donors (Lipinski definition) is 2. The highest BCUT2D eigenvalue weighted by molar-refractivity contribution is 5.29. The van der Waals surface area contributed by atoms with Gasteiger partial charge in [-0.2, -0.15) is 0 Å². The topological polar surface area (TPSA) is 54.6 Å². The number of aliphatic hydroxyl groups excluding tert-OH is 1. The van der Waals surface area contributed by atoms with Gasteiger partial charge in [0.25, 0.3) is 0 Å². The van der Waals surface area contributed by atoms with Crippen molar-refractivity contribution in [2.75, 3.05) is 13.7 Å². The molecule has 0 aliphatic carbocycles. The maximum Gasteiger partial charge on any atom is 0.118 e. The summed E-state index contributed by atoms with van der Waals surface area (Å²) in [5, 5.41) is 12.8. The van der Waals surface area contributed by atoms with Crippen LogP contribution in [0, 0.1) is 0 Å². The van der Waals surface area contributed by atoms with Crippen molar-refractivity contribution in [2.24, 2.45) is 0 Å². The molecule has 0 saturated heterocycles. The monoisotopic (exact) mass is 275 g/mol. The van der Waals surface area contributed by atoms with Gasteiger partial charge in [0, 0.05) is 6.42 Å². The number of aryl methyl sites for hydroxylation is 1. The van der Waals surface area contributed by atoms with Crippen molar-refractivity contribution >= 4 is 0 Å². The van der Waals surface area contributed by atoms with Crippen LogP contribution in [0.4, 0.5) is 0 Å². The van der Waals surface area contributed by atoms with Crippen LogP contribution in [0.1, 0.15) is 30.0 Å². The van der Waals surface area contributed by atoms with E-state index in [2.05, 4.69) is 12.2 Å². The minimum absolute atomic E-state index is 0.0354. The highest BCUT2D eigenvalue weighted by Gasteiger charge is 2.11. The average Bonchev–Trinajstić information content (AvgIpc) is 2.96. The Bertz CT molecular complexity index is 519. The van der Waals surface area contributed by atoms with Gasteiger partial charge in [-0.15, -0.1) is 0 Å². The normalized spacial score (nSPS) is 12.3. The Labute approximate surface area is 119 Å². The van der Waals surface area contributed by atoms with Crippen LogP contribution in [0.15, 0.2) is 40.8 Å². The third-order valence-electron chi connectivity index (χ3n) is 3.29. The van der Waals surface area contributed by atoms with Gasteiger partial charge in [-0.25, -0.2) is 0 Å². The van der Waals surface area contributed by atoms with Gasteiger partial charge in [0.05, 0.1) is 26.3 Å². The van der Waals surface area contributed by atoms with Crippen molar-refractivity contribution < 1.29 is 14.3 Å². The van der Waals surface area contributed by atoms with E-state index in [0.29, 0.717) is 6.54 Å². The first-order chi connectivity index (χ1) is 9.76. The van der Waals surface area contributed by atoms with E-state index in [1.165, 1.54) is 0 Å². The number of ether oxygens (including phenoxy) is 1. The smallest absolute Gasteiger partial charge is 0.118 e. The largest absolute Gasteiger partial charge is 0.497 e. The standard InChI is InChI=1S/C16H21NO3/c1-3-13-8-9-15(20-13)10-17-16(11-18)12-4-6-14(19-2)7-5-12/h4-9,16-18H,3,10-11H2,1-2H3/t16-/m1/s1. The number of benzene rings is 1. The van der Waals surface area contributed by atoms with Crippen LogP contribution in [0.3, 0.4) is 0 Å².